The Hall–Kier alpha value is -4.58. The van der Waals surface area contributed by atoms with Gasteiger partial charge in [0.25, 0.3) is 5.91 Å². The minimum Gasteiger partial charge on any atom is -0.484 e. The molecule has 0 saturated heterocycles. The number of carbonyl (C=O) groups is 2. The fourth-order valence-electron chi connectivity index (χ4n) is 5.54. The SMILES string of the molecule is CCN(C)CCNC(=O)c1nc(NC(=O)N[C@H]2CC[C@@H](Oc3ccc4nnc(C(C)(C)C)n4c3)c3ccccc32)cc(C(C)(C)C)n1. The van der Waals surface area contributed by atoms with Crippen LogP contribution in [0.15, 0.2) is 48.7 Å². The summed E-state index contributed by atoms with van der Waals surface area (Å²) < 4.78 is 8.52. The number of nitrogens with zero attached hydrogens (tertiary/aromatic N) is 6. The lowest BCUT2D eigenvalue weighted by atomic mass is 9.85. The Morgan fingerprint density at radius 2 is 1.72 bits per heavy atom. The summed E-state index contributed by atoms with van der Waals surface area (Å²) in [6.07, 6.45) is 3.14. The van der Waals surface area contributed by atoms with Crippen molar-refractivity contribution >= 4 is 23.4 Å². The van der Waals surface area contributed by atoms with Gasteiger partial charge in [-0.2, -0.15) is 0 Å². The van der Waals surface area contributed by atoms with Crippen LogP contribution in [0, 0.1) is 0 Å². The standard InChI is InChI=1S/C35H47N9O3/c1-9-43(8)19-18-36-31(45)30-38-27(34(2,3)4)20-28(39-30)40-33(46)37-25-15-16-26(24-13-11-10-12-23(24)25)47-22-14-17-29-41-42-32(35(5,6)7)44(29)21-22/h10-14,17,20-21,25-26H,9,15-16,18-19H2,1-8H3,(H,36,45)(H2,37,38,39,40,46)/t25-,26+/m0/s1. The van der Waals surface area contributed by atoms with Crippen LogP contribution in [0.25, 0.3) is 5.65 Å². The van der Waals surface area contributed by atoms with Gasteiger partial charge in [-0.3, -0.25) is 14.5 Å². The molecule has 1 aliphatic carbocycles. The molecule has 0 unspecified atom stereocenters. The first kappa shape index (κ1) is 33.8. The predicted octanol–water partition coefficient (Wildman–Crippen LogP) is 5.57. The summed E-state index contributed by atoms with van der Waals surface area (Å²) in [6.45, 7) is 16.4. The first-order valence-electron chi connectivity index (χ1n) is 16.3. The lowest BCUT2D eigenvalue weighted by Crippen LogP contribution is -2.36. The summed E-state index contributed by atoms with van der Waals surface area (Å²) in [7, 11) is 1.99. The molecule has 0 fully saturated rings. The van der Waals surface area contributed by atoms with E-state index in [0.29, 0.717) is 31.6 Å². The van der Waals surface area contributed by atoms with Crippen molar-refractivity contribution < 1.29 is 14.3 Å². The predicted molar refractivity (Wildman–Crippen MR) is 182 cm³/mol. The van der Waals surface area contributed by atoms with Gasteiger partial charge in [-0.05, 0) is 49.7 Å². The highest BCUT2D eigenvalue weighted by molar-refractivity contribution is 5.92. The number of rotatable bonds is 9. The molecule has 0 bridgehead atoms. The van der Waals surface area contributed by atoms with Crippen molar-refractivity contribution in [2.24, 2.45) is 0 Å². The normalized spacial score (nSPS) is 16.5. The van der Waals surface area contributed by atoms with Crippen LogP contribution < -0.4 is 20.7 Å². The van der Waals surface area contributed by atoms with Crippen molar-refractivity contribution in [3.05, 3.63) is 77.1 Å². The molecule has 250 valence electrons. The molecule has 2 atom stereocenters. The van der Waals surface area contributed by atoms with E-state index in [1.165, 1.54) is 0 Å². The van der Waals surface area contributed by atoms with Crippen molar-refractivity contribution in [2.45, 2.75) is 84.3 Å². The molecule has 12 heteroatoms. The number of hydrogen-bond donors (Lipinski definition) is 3. The van der Waals surface area contributed by atoms with Crippen molar-refractivity contribution in [3.8, 4) is 5.75 Å². The Balaban J connectivity index is 1.30. The largest absolute Gasteiger partial charge is 0.484 e. The Morgan fingerprint density at radius 1 is 0.979 bits per heavy atom. The topological polar surface area (TPSA) is 139 Å². The minimum atomic E-state index is -0.411. The number of ether oxygens (including phenoxy) is 1. The molecular weight excluding hydrogens is 594 g/mol. The maximum absolute atomic E-state index is 13.4. The van der Waals surface area contributed by atoms with Crippen LogP contribution in [0.3, 0.4) is 0 Å². The highest BCUT2D eigenvalue weighted by Gasteiger charge is 2.30. The maximum atomic E-state index is 13.4. The second kappa shape index (κ2) is 13.6. The van der Waals surface area contributed by atoms with Crippen molar-refractivity contribution in [1.29, 1.82) is 0 Å². The number of carbonyl (C=O) groups excluding carboxylic acids is 2. The van der Waals surface area contributed by atoms with E-state index in [9.17, 15) is 9.59 Å². The number of nitrogens with one attached hydrogen (secondary N) is 3. The third-order valence-corrected chi connectivity index (χ3v) is 8.32. The zero-order valence-electron chi connectivity index (χ0n) is 28.7. The number of hydrogen-bond acceptors (Lipinski definition) is 8. The summed E-state index contributed by atoms with van der Waals surface area (Å²) in [5.74, 6) is 1.50. The molecular formula is C35H47N9O3. The van der Waals surface area contributed by atoms with Crippen molar-refractivity contribution in [3.63, 3.8) is 0 Å². The molecule has 0 radical (unpaired) electrons. The summed E-state index contributed by atoms with van der Waals surface area (Å²) >= 11 is 0. The Morgan fingerprint density at radius 3 is 2.43 bits per heavy atom. The molecule has 0 aliphatic heterocycles. The number of benzene rings is 1. The van der Waals surface area contributed by atoms with Crippen molar-refractivity contribution in [2.75, 3.05) is 32.0 Å². The molecule has 12 nitrogen and oxygen atoms in total. The summed E-state index contributed by atoms with van der Waals surface area (Å²) in [4.78, 5) is 37.3. The minimum absolute atomic E-state index is 0.0224. The molecule has 3 aromatic heterocycles. The highest BCUT2D eigenvalue weighted by atomic mass is 16.5. The van der Waals surface area contributed by atoms with Crippen LogP contribution in [0.4, 0.5) is 10.6 Å². The summed E-state index contributed by atoms with van der Waals surface area (Å²) in [5.41, 5.74) is 2.91. The van der Waals surface area contributed by atoms with Crippen LogP contribution in [-0.2, 0) is 10.8 Å². The molecule has 1 aromatic carbocycles. The van der Waals surface area contributed by atoms with E-state index in [-0.39, 0.29) is 40.5 Å². The molecule has 1 aliphatic rings. The smallest absolute Gasteiger partial charge is 0.320 e. The average Bonchev–Trinajstić information content (AvgIpc) is 3.45. The Kier molecular flexibility index (Phi) is 9.81. The quantitative estimate of drug-likeness (QED) is 0.216. The molecule has 3 heterocycles. The van der Waals surface area contributed by atoms with E-state index in [2.05, 4.69) is 68.7 Å². The lowest BCUT2D eigenvalue weighted by molar-refractivity contribution is 0.0939. The third kappa shape index (κ3) is 8.05. The third-order valence-electron chi connectivity index (χ3n) is 8.32. The number of aromatic nitrogens is 5. The van der Waals surface area contributed by atoms with Gasteiger partial charge < -0.3 is 20.3 Å². The van der Waals surface area contributed by atoms with Crippen LogP contribution in [-0.4, -0.2) is 68.1 Å². The summed E-state index contributed by atoms with van der Waals surface area (Å²) in [6, 6.07) is 12.9. The van der Waals surface area contributed by atoms with Gasteiger partial charge in [0.2, 0.25) is 5.82 Å². The lowest BCUT2D eigenvalue weighted by Gasteiger charge is -2.32. The Bertz CT molecular complexity index is 1740. The average molecular weight is 642 g/mol. The van der Waals surface area contributed by atoms with E-state index in [1.807, 2.05) is 74.8 Å². The van der Waals surface area contributed by atoms with Gasteiger partial charge in [0.1, 0.15) is 23.5 Å². The first-order valence-corrected chi connectivity index (χ1v) is 16.3. The van der Waals surface area contributed by atoms with Crippen LogP contribution in [0.2, 0.25) is 0 Å². The van der Waals surface area contributed by atoms with E-state index in [0.717, 1.165) is 34.9 Å². The number of pyridine rings is 1. The van der Waals surface area contributed by atoms with Crippen LogP contribution >= 0.6 is 0 Å². The van der Waals surface area contributed by atoms with Crippen LogP contribution in [0.1, 0.15) is 107 Å². The highest BCUT2D eigenvalue weighted by Crippen LogP contribution is 2.39. The zero-order chi connectivity index (χ0) is 33.9. The molecule has 0 saturated carbocycles. The fraction of sp³-hybridized carbons (Fsp3) is 0.486. The van der Waals surface area contributed by atoms with E-state index in [4.69, 9.17) is 4.74 Å². The second-order valence-electron chi connectivity index (χ2n) is 14.2. The van der Waals surface area contributed by atoms with Crippen LogP contribution in [0.5, 0.6) is 5.75 Å². The maximum Gasteiger partial charge on any atom is 0.320 e. The molecule has 0 spiro atoms. The molecule has 4 aromatic rings. The van der Waals surface area contributed by atoms with Gasteiger partial charge in [-0.25, -0.2) is 14.8 Å². The second-order valence-corrected chi connectivity index (χ2v) is 14.2. The van der Waals surface area contributed by atoms with Gasteiger partial charge >= 0.3 is 6.03 Å². The van der Waals surface area contributed by atoms with Crippen molar-refractivity contribution in [1.82, 2.24) is 40.1 Å². The van der Waals surface area contributed by atoms with Gasteiger partial charge in [-0.15, -0.1) is 10.2 Å². The van der Waals surface area contributed by atoms with E-state index >= 15 is 0 Å². The monoisotopic (exact) mass is 641 g/mol. The van der Waals surface area contributed by atoms with Gasteiger partial charge in [0, 0.05) is 30.0 Å². The molecule has 47 heavy (non-hydrogen) atoms. The number of likely N-dealkylation sites (N-methyl/N-ethyl adjacent to an activating group) is 1. The van der Waals surface area contributed by atoms with E-state index in [1.54, 1.807) is 6.07 Å². The van der Waals surface area contributed by atoms with Gasteiger partial charge in [0.15, 0.2) is 5.65 Å². The molecule has 3 amide bonds. The zero-order valence-corrected chi connectivity index (χ0v) is 28.7. The van der Waals surface area contributed by atoms with E-state index < -0.39 is 6.03 Å². The fourth-order valence-corrected chi connectivity index (χ4v) is 5.54. The number of urea groups is 1. The number of anilines is 1. The number of amides is 3. The Labute approximate surface area is 276 Å². The van der Waals surface area contributed by atoms with Gasteiger partial charge in [0.05, 0.1) is 17.9 Å². The molecule has 3 N–H and O–H groups in total. The van der Waals surface area contributed by atoms with Gasteiger partial charge in [-0.1, -0.05) is 72.7 Å². The summed E-state index contributed by atoms with van der Waals surface area (Å²) in [5, 5.41) is 17.6. The molecule has 5 rings (SSSR count). The first-order chi connectivity index (χ1) is 22.2. The number of fused-ring (bicyclic) bond motifs is 2.